The third-order valence-electron chi connectivity index (χ3n) is 1.87. The van der Waals surface area contributed by atoms with Crippen LogP contribution < -0.4 is 5.32 Å². The molecule has 0 saturated heterocycles. The lowest BCUT2D eigenvalue weighted by molar-refractivity contribution is 0.0981. The number of nitrogens with one attached hydrogen (secondary N) is 1. The Labute approximate surface area is 83.5 Å². The summed E-state index contributed by atoms with van der Waals surface area (Å²) >= 11 is 0. The van der Waals surface area contributed by atoms with E-state index in [0.29, 0.717) is 12.2 Å². The van der Waals surface area contributed by atoms with E-state index in [1.54, 1.807) is 4.68 Å². The molecule has 0 aliphatic carbocycles. The lowest BCUT2D eigenvalue weighted by Crippen LogP contribution is -2.24. The first-order chi connectivity index (χ1) is 6.79. The minimum atomic E-state index is 0.0466. The van der Waals surface area contributed by atoms with E-state index < -0.39 is 0 Å². The Morgan fingerprint density at radius 2 is 2.36 bits per heavy atom. The van der Waals surface area contributed by atoms with Crippen molar-refractivity contribution >= 4 is 5.78 Å². The molecule has 1 aromatic rings. The van der Waals surface area contributed by atoms with E-state index in [1.165, 1.54) is 6.20 Å². The van der Waals surface area contributed by atoms with Crippen molar-refractivity contribution in [2.24, 2.45) is 0 Å². The van der Waals surface area contributed by atoms with E-state index in [0.717, 1.165) is 19.5 Å². The second kappa shape index (κ2) is 5.49. The van der Waals surface area contributed by atoms with Gasteiger partial charge in [0, 0.05) is 6.54 Å². The summed E-state index contributed by atoms with van der Waals surface area (Å²) < 4.78 is 1.65. The Morgan fingerprint density at radius 3 is 3.00 bits per heavy atom. The van der Waals surface area contributed by atoms with Gasteiger partial charge in [-0.15, -0.1) is 5.10 Å². The Bertz CT molecular complexity index is 295. The van der Waals surface area contributed by atoms with E-state index in [2.05, 4.69) is 15.6 Å². The van der Waals surface area contributed by atoms with E-state index in [1.807, 2.05) is 13.8 Å². The minimum Gasteiger partial charge on any atom is -0.310 e. The molecule has 0 amide bonds. The van der Waals surface area contributed by atoms with Gasteiger partial charge in [-0.05, 0) is 13.0 Å². The summed E-state index contributed by atoms with van der Waals surface area (Å²) in [5.74, 6) is 0.0466. The zero-order valence-corrected chi connectivity index (χ0v) is 8.66. The number of carbonyl (C=O) groups is 1. The van der Waals surface area contributed by atoms with Gasteiger partial charge in [0.05, 0.1) is 12.7 Å². The second-order valence-corrected chi connectivity index (χ2v) is 3.05. The molecule has 78 valence electrons. The maximum absolute atomic E-state index is 11.6. The van der Waals surface area contributed by atoms with Crippen LogP contribution in [-0.4, -0.2) is 33.9 Å². The lowest BCUT2D eigenvalue weighted by Gasteiger charge is -2.03. The number of hydrogen-bond acceptors (Lipinski definition) is 4. The van der Waals surface area contributed by atoms with Gasteiger partial charge in [0.1, 0.15) is 5.69 Å². The van der Waals surface area contributed by atoms with Crippen LogP contribution >= 0.6 is 0 Å². The molecule has 0 atom stereocenters. The summed E-state index contributed by atoms with van der Waals surface area (Å²) in [5, 5.41) is 10.6. The average Bonchev–Trinajstić information content (AvgIpc) is 2.63. The van der Waals surface area contributed by atoms with Crippen LogP contribution in [0.4, 0.5) is 0 Å². The van der Waals surface area contributed by atoms with Gasteiger partial charge in [-0.2, -0.15) is 0 Å². The van der Waals surface area contributed by atoms with Crippen LogP contribution in [0.25, 0.3) is 0 Å². The van der Waals surface area contributed by atoms with Gasteiger partial charge < -0.3 is 5.32 Å². The summed E-state index contributed by atoms with van der Waals surface area (Å²) in [6.45, 7) is 5.90. The summed E-state index contributed by atoms with van der Waals surface area (Å²) in [6, 6.07) is 0. The van der Waals surface area contributed by atoms with Crippen LogP contribution in [0.3, 0.4) is 0 Å². The predicted molar refractivity (Wildman–Crippen MR) is 53.2 cm³/mol. The number of rotatable bonds is 6. The van der Waals surface area contributed by atoms with Crippen molar-refractivity contribution in [1.29, 1.82) is 0 Å². The highest BCUT2D eigenvalue weighted by molar-refractivity contribution is 5.95. The number of carbonyl (C=O) groups excluding carboxylic acids is 1. The molecule has 0 bridgehead atoms. The quantitative estimate of drug-likeness (QED) is 0.672. The van der Waals surface area contributed by atoms with Gasteiger partial charge in [-0.3, -0.25) is 4.79 Å². The van der Waals surface area contributed by atoms with Gasteiger partial charge >= 0.3 is 0 Å². The topological polar surface area (TPSA) is 59.8 Å². The van der Waals surface area contributed by atoms with E-state index >= 15 is 0 Å². The normalized spacial score (nSPS) is 10.4. The molecule has 14 heavy (non-hydrogen) atoms. The Hall–Kier alpha value is -1.23. The van der Waals surface area contributed by atoms with Crippen LogP contribution in [-0.2, 0) is 6.54 Å². The predicted octanol–water partition coefficient (Wildman–Crippen LogP) is 0.480. The van der Waals surface area contributed by atoms with Crippen LogP contribution in [0.5, 0.6) is 0 Å². The largest absolute Gasteiger partial charge is 0.310 e. The molecule has 0 fully saturated rings. The smallest absolute Gasteiger partial charge is 0.196 e. The molecule has 1 N–H and O–H groups in total. The fourth-order valence-corrected chi connectivity index (χ4v) is 1.18. The Kier molecular flexibility index (Phi) is 4.25. The minimum absolute atomic E-state index is 0.0466. The number of aryl methyl sites for hydroxylation is 1. The fraction of sp³-hybridized carbons (Fsp3) is 0.667. The molecule has 0 saturated carbocycles. The molecule has 0 aliphatic heterocycles. The third-order valence-corrected chi connectivity index (χ3v) is 1.87. The fourth-order valence-electron chi connectivity index (χ4n) is 1.18. The average molecular weight is 196 g/mol. The maximum Gasteiger partial charge on any atom is 0.196 e. The first-order valence-corrected chi connectivity index (χ1v) is 4.92. The summed E-state index contributed by atoms with van der Waals surface area (Å²) in [7, 11) is 0. The summed E-state index contributed by atoms with van der Waals surface area (Å²) in [4.78, 5) is 11.6. The van der Waals surface area contributed by atoms with E-state index in [4.69, 9.17) is 0 Å². The molecular formula is C9H16N4O. The molecule has 1 aromatic heterocycles. The number of likely N-dealkylation sites (N-methyl/N-ethyl adjacent to an activating group) is 1. The Morgan fingerprint density at radius 1 is 1.57 bits per heavy atom. The van der Waals surface area contributed by atoms with Crippen LogP contribution in [0.15, 0.2) is 6.20 Å². The standard InChI is InChI=1S/C9H16N4O/c1-3-5-13-8(6-11-12-13)9(14)7-10-4-2/h6,10H,3-5,7H2,1-2H3. The van der Waals surface area contributed by atoms with Crippen molar-refractivity contribution in [3.63, 3.8) is 0 Å². The SMILES string of the molecule is CCCn1nncc1C(=O)CNCC. The molecule has 0 aromatic carbocycles. The van der Waals surface area contributed by atoms with Crippen molar-refractivity contribution in [3.8, 4) is 0 Å². The van der Waals surface area contributed by atoms with Crippen molar-refractivity contribution in [2.45, 2.75) is 26.8 Å². The van der Waals surface area contributed by atoms with E-state index in [-0.39, 0.29) is 5.78 Å². The third kappa shape index (κ3) is 2.63. The first kappa shape index (κ1) is 10.8. The Balaban J connectivity index is 2.63. The highest BCUT2D eigenvalue weighted by atomic mass is 16.1. The van der Waals surface area contributed by atoms with Crippen LogP contribution in [0, 0.1) is 0 Å². The molecule has 0 unspecified atom stereocenters. The van der Waals surface area contributed by atoms with Gasteiger partial charge in [-0.1, -0.05) is 19.1 Å². The van der Waals surface area contributed by atoms with Gasteiger partial charge in [0.2, 0.25) is 0 Å². The summed E-state index contributed by atoms with van der Waals surface area (Å²) in [6.07, 6.45) is 2.47. The number of Topliss-reactive ketones (excluding diaryl/α,β-unsaturated/α-hetero) is 1. The highest BCUT2D eigenvalue weighted by Gasteiger charge is 2.11. The number of nitrogens with zero attached hydrogens (tertiary/aromatic N) is 3. The summed E-state index contributed by atoms with van der Waals surface area (Å²) in [5.41, 5.74) is 0.591. The number of ketones is 1. The maximum atomic E-state index is 11.6. The second-order valence-electron chi connectivity index (χ2n) is 3.05. The van der Waals surface area contributed by atoms with Gasteiger partial charge in [-0.25, -0.2) is 4.68 Å². The molecular weight excluding hydrogens is 180 g/mol. The molecule has 5 nitrogen and oxygen atoms in total. The molecule has 0 spiro atoms. The molecule has 0 aliphatic rings. The first-order valence-electron chi connectivity index (χ1n) is 4.92. The molecule has 1 rings (SSSR count). The van der Waals surface area contributed by atoms with E-state index in [9.17, 15) is 4.79 Å². The van der Waals surface area contributed by atoms with Crippen molar-refractivity contribution in [3.05, 3.63) is 11.9 Å². The zero-order chi connectivity index (χ0) is 10.4. The number of hydrogen-bond donors (Lipinski definition) is 1. The van der Waals surface area contributed by atoms with Crippen molar-refractivity contribution in [2.75, 3.05) is 13.1 Å². The van der Waals surface area contributed by atoms with Gasteiger partial charge in [0.15, 0.2) is 5.78 Å². The lowest BCUT2D eigenvalue weighted by atomic mass is 10.3. The monoisotopic (exact) mass is 196 g/mol. The van der Waals surface area contributed by atoms with Crippen LogP contribution in [0.2, 0.25) is 0 Å². The molecule has 5 heteroatoms. The number of aromatic nitrogens is 3. The van der Waals surface area contributed by atoms with Crippen molar-refractivity contribution < 1.29 is 4.79 Å². The zero-order valence-electron chi connectivity index (χ0n) is 8.66. The molecule has 1 heterocycles. The van der Waals surface area contributed by atoms with Crippen LogP contribution in [0.1, 0.15) is 30.8 Å². The van der Waals surface area contributed by atoms with Crippen molar-refractivity contribution in [1.82, 2.24) is 20.3 Å². The van der Waals surface area contributed by atoms with Gasteiger partial charge in [0.25, 0.3) is 0 Å². The highest BCUT2D eigenvalue weighted by Crippen LogP contribution is 1.98. The molecule has 0 radical (unpaired) electrons.